The van der Waals surface area contributed by atoms with Crippen molar-refractivity contribution in [2.45, 2.75) is 26.8 Å². The number of hydroxylamine groups is 1. The molecule has 0 aliphatic rings. The summed E-state index contributed by atoms with van der Waals surface area (Å²) in [5.41, 5.74) is 2.18. The van der Waals surface area contributed by atoms with Gasteiger partial charge < -0.3 is 10.4 Å². The maximum absolute atomic E-state index is 11.6. The first-order chi connectivity index (χ1) is 8.54. The Morgan fingerprint density at radius 2 is 1.94 bits per heavy atom. The van der Waals surface area contributed by atoms with E-state index in [0.29, 0.717) is 10.6 Å². The second kappa shape index (κ2) is 6.54. The maximum atomic E-state index is 11.6. The predicted octanol–water partition coefficient (Wildman–Crippen LogP) is 3.25. The monoisotopic (exact) mass is 247 g/mol. The summed E-state index contributed by atoms with van der Waals surface area (Å²) < 4.78 is 0. The van der Waals surface area contributed by atoms with E-state index in [1.165, 1.54) is 6.20 Å². The zero-order valence-electron chi connectivity index (χ0n) is 10.7. The SMILES string of the molecule is CC(=C[N+]([O-])=NC(C)C(C)=NO)c1ccccc1. The number of hydrogen-bond acceptors (Lipinski definition) is 4. The van der Waals surface area contributed by atoms with Crippen LogP contribution < -0.4 is 0 Å². The van der Waals surface area contributed by atoms with Crippen LogP contribution in [0.3, 0.4) is 0 Å². The van der Waals surface area contributed by atoms with Crippen LogP contribution in [-0.4, -0.2) is 21.8 Å². The first kappa shape index (κ1) is 13.9. The van der Waals surface area contributed by atoms with Gasteiger partial charge in [-0.2, -0.15) is 0 Å². The largest absolute Gasteiger partial charge is 0.595 e. The third-order valence-electron chi connectivity index (χ3n) is 2.58. The molecule has 18 heavy (non-hydrogen) atoms. The molecule has 96 valence electrons. The fourth-order valence-corrected chi connectivity index (χ4v) is 1.31. The van der Waals surface area contributed by atoms with E-state index in [-0.39, 0.29) is 0 Å². The Morgan fingerprint density at radius 1 is 1.33 bits per heavy atom. The van der Waals surface area contributed by atoms with Gasteiger partial charge in [0.2, 0.25) is 6.20 Å². The van der Waals surface area contributed by atoms with Gasteiger partial charge in [0, 0.05) is 5.57 Å². The van der Waals surface area contributed by atoms with Crippen molar-refractivity contribution in [3.63, 3.8) is 0 Å². The third kappa shape index (κ3) is 4.01. The Hall–Kier alpha value is -2.17. The Bertz CT molecular complexity index is 478. The highest BCUT2D eigenvalue weighted by molar-refractivity contribution is 5.86. The average molecular weight is 247 g/mol. The summed E-state index contributed by atoms with van der Waals surface area (Å²) in [5, 5.41) is 27.0. The van der Waals surface area contributed by atoms with Gasteiger partial charge in [-0.25, -0.2) is 0 Å². The van der Waals surface area contributed by atoms with Gasteiger partial charge >= 0.3 is 0 Å². The standard InChI is InChI=1S/C13H17N3O2/c1-10(13-7-5-4-6-8-13)9-16(18)14-11(2)12(3)15-17/h4-9,11,17H,1-3H3. The molecule has 0 bridgehead atoms. The van der Waals surface area contributed by atoms with Crippen molar-refractivity contribution in [1.82, 2.24) is 0 Å². The molecule has 0 radical (unpaired) electrons. The highest BCUT2D eigenvalue weighted by Gasteiger charge is 2.08. The number of azo groups is 1. The van der Waals surface area contributed by atoms with E-state index in [4.69, 9.17) is 5.21 Å². The van der Waals surface area contributed by atoms with Crippen LogP contribution in [0.4, 0.5) is 0 Å². The van der Waals surface area contributed by atoms with Crippen molar-refractivity contribution in [2.75, 3.05) is 0 Å². The molecule has 0 spiro atoms. The molecular formula is C13H17N3O2. The predicted molar refractivity (Wildman–Crippen MR) is 70.5 cm³/mol. The van der Waals surface area contributed by atoms with E-state index < -0.39 is 6.04 Å². The minimum absolute atomic E-state index is 0.390. The number of benzene rings is 1. The van der Waals surface area contributed by atoms with Gasteiger partial charge in [0.25, 0.3) is 0 Å². The van der Waals surface area contributed by atoms with Crippen molar-refractivity contribution in [2.24, 2.45) is 10.3 Å². The molecule has 0 aliphatic carbocycles. The molecule has 1 N–H and O–H groups in total. The van der Waals surface area contributed by atoms with Gasteiger partial charge in [0.05, 0.1) is 5.71 Å². The molecule has 1 rings (SSSR count). The highest BCUT2D eigenvalue weighted by atomic mass is 16.5. The molecule has 0 saturated carbocycles. The van der Waals surface area contributed by atoms with E-state index in [2.05, 4.69) is 10.3 Å². The van der Waals surface area contributed by atoms with Gasteiger partial charge in [-0.3, -0.25) is 0 Å². The van der Waals surface area contributed by atoms with E-state index in [1.807, 2.05) is 37.3 Å². The number of hydrogen-bond donors (Lipinski definition) is 1. The average Bonchev–Trinajstić information content (AvgIpc) is 2.38. The summed E-state index contributed by atoms with van der Waals surface area (Å²) in [6.07, 6.45) is 1.40. The summed E-state index contributed by atoms with van der Waals surface area (Å²) >= 11 is 0. The number of oxime groups is 1. The van der Waals surface area contributed by atoms with Crippen LogP contribution in [0.25, 0.3) is 5.57 Å². The summed E-state index contributed by atoms with van der Waals surface area (Å²) in [5.74, 6) is 0. The molecule has 1 aromatic carbocycles. The van der Waals surface area contributed by atoms with Crippen LogP contribution in [0, 0.1) is 5.21 Å². The van der Waals surface area contributed by atoms with E-state index >= 15 is 0 Å². The molecule has 0 aliphatic heterocycles. The maximum Gasteiger partial charge on any atom is 0.212 e. The topological polar surface area (TPSA) is 71.0 Å². The lowest BCUT2D eigenvalue weighted by Crippen LogP contribution is -2.13. The zero-order chi connectivity index (χ0) is 13.5. The summed E-state index contributed by atoms with van der Waals surface area (Å²) in [4.78, 5) is 0.502. The molecule has 5 heteroatoms. The van der Waals surface area contributed by atoms with Gasteiger partial charge in [0.1, 0.15) is 0 Å². The fraction of sp³-hybridized carbons (Fsp3) is 0.308. The van der Waals surface area contributed by atoms with Crippen LogP contribution in [0.5, 0.6) is 0 Å². The highest BCUT2D eigenvalue weighted by Crippen LogP contribution is 2.12. The van der Waals surface area contributed by atoms with Crippen LogP contribution in [-0.2, 0) is 0 Å². The second-order valence-electron chi connectivity index (χ2n) is 4.01. The fourth-order valence-electron chi connectivity index (χ4n) is 1.31. The molecule has 0 fully saturated rings. The Labute approximate surface area is 106 Å². The zero-order valence-corrected chi connectivity index (χ0v) is 10.7. The first-order valence-corrected chi connectivity index (χ1v) is 5.64. The molecule has 0 amide bonds. The van der Waals surface area contributed by atoms with Crippen molar-refractivity contribution in [3.8, 4) is 0 Å². The molecule has 0 aromatic heterocycles. The third-order valence-corrected chi connectivity index (χ3v) is 2.58. The second-order valence-corrected chi connectivity index (χ2v) is 4.01. The molecule has 5 nitrogen and oxygen atoms in total. The van der Waals surface area contributed by atoms with E-state index in [9.17, 15) is 5.21 Å². The van der Waals surface area contributed by atoms with Crippen molar-refractivity contribution in [3.05, 3.63) is 47.3 Å². The normalized spacial score (nSPS) is 15.6. The minimum Gasteiger partial charge on any atom is -0.595 e. The lowest BCUT2D eigenvalue weighted by atomic mass is 10.1. The molecule has 0 saturated heterocycles. The molecular weight excluding hydrogens is 230 g/mol. The van der Waals surface area contributed by atoms with Crippen LogP contribution in [0.2, 0.25) is 0 Å². The lowest BCUT2D eigenvalue weighted by Gasteiger charge is -2.03. The quantitative estimate of drug-likeness (QED) is 0.291. The smallest absolute Gasteiger partial charge is 0.212 e. The Kier molecular flexibility index (Phi) is 5.05. The number of rotatable bonds is 4. The van der Waals surface area contributed by atoms with E-state index in [1.54, 1.807) is 13.8 Å². The minimum atomic E-state index is -0.452. The van der Waals surface area contributed by atoms with Gasteiger partial charge in [-0.1, -0.05) is 40.3 Å². The molecule has 1 atom stereocenters. The van der Waals surface area contributed by atoms with Crippen molar-refractivity contribution in [1.29, 1.82) is 0 Å². The van der Waals surface area contributed by atoms with E-state index in [0.717, 1.165) is 11.1 Å². The summed E-state index contributed by atoms with van der Waals surface area (Å²) in [7, 11) is 0. The van der Waals surface area contributed by atoms with Crippen molar-refractivity contribution >= 4 is 11.3 Å². The first-order valence-electron chi connectivity index (χ1n) is 5.64. The molecule has 1 aromatic rings. The number of allylic oxidation sites excluding steroid dienone is 1. The van der Waals surface area contributed by atoms with Crippen molar-refractivity contribution < 1.29 is 10.1 Å². The molecule has 0 heterocycles. The van der Waals surface area contributed by atoms with Crippen LogP contribution >= 0.6 is 0 Å². The summed E-state index contributed by atoms with van der Waals surface area (Å²) in [6.45, 7) is 5.13. The number of nitrogens with zero attached hydrogens (tertiary/aromatic N) is 3. The van der Waals surface area contributed by atoms with Crippen LogP contribution in [0.1, 0.15) is 26.3 Å². The van der Waals surface area contributed by atoms with Gasteiger partial charge in [-0.05, 0) is 31.4 Å². The van der Waals surface area contributed by atoms with Gasteiger partial charge in [0.15, 0.2) is 6.04 Å². The summed E-state index contributed by atoms with van der Waals surface area (Å²) in [6, 6.07) is 9.12. The Morgan fingerprint density at radius 3 is 2.50 bits per heavy atom. The lowest BCUT2D eigenvalue weighted by molar-refractivity contribution is -0.459. The van der Waals surface area contributed by atoms with Gasteiger partial charge in [-0.15, -0.1) is 0 Å². The van der Waals surface area contributed by atoms with Crippen LogP contribution in [0.15, 0.2) is 46.8 Å². The Balaban J connectivity index is 2.86. The molecule has 1 unspecified atom stereocenters.